The highest BCUT2D eigenvalue weighted by Crippen LogP contribution is 2.52. The average Bonchev–Trinajstić information content (AvgIpc) is 2.95. The Morgan fingerprint density at radius 3 is 2.38 bits per heavy atom. The normalized spacial score (nSPS) is 23.4. The van der Waals surface area contributed by atoms with Crippen LogP contribution >= 0.6 is 0 Å². The molecule has 3 aromatic carbocycles. The van der Waals surface area contributed by atoms with Crippen LogP contribution in [-0.2, 0) is 24.1 Å². The number of fused-ring (bicyclic) bond motifs is 3. The first-order valence-electron chi connectivity index (χ1n) is 14.4. The summed E-state index contributed by atoms with van der Waals surface area (Å²) < 4.78 is 0. The third-order valence-electron chi connectivity index (χ3n) is 9.14. The van der Waals surface area contributed by atoms with E-state index >= 15 is 0 Å². The van der Waals surface area contributed by atoms with Crippen molar-refractivity contribution in [1.29, 1.82) is 0 Å². The zero-order valence-electron chi connectivity index (χ0n) is 23.6. The number of hydrogen-bond donors (Lipinski definition) is 4. The molecule has 0 amide bonds. The summed E-state index contributed by atoms with van der Waals surface area (Å²) in [6.45, 7) is 5.28. The Kier molecular flexibility index (Phi) is 6.90. The van der Waals surface area contributed by atoms with Crippen molar-refractivity contribution in [1.82, 2.24) is 0 Å². The fourth-order valence-electron chi connectivity index (χ4n) is 7.11. The zero-order valence-corrected chi connectivity index (χ0v) is 23.6. The molecule has 3 aliphatic carbocycles. The number of carbonyl (C=O) groups is 2. The molecule has 42 heavy (non-hydrogen) atoms. The van der Waals surface area contributed by atoms with Gasteiger partial charge < -0.3 is 20.4 Å². The summed E-state index contributed by atoms with van der Waals surface area (Å²) in [7, 11) is 0. The molecular weight excluding hydrogens is 528 g/mol. The Labute approximate surface area is 245 Å². The molecule has 0 aromatic heterocycles. The molecule has 4 N–H and O–H groups in total. The number of ketones is 2. The lowest BCUT2D eigenvalue weighted by molar-refractivity contribution is -0.142. The minimum absolute atomic E-state index is 0.0166. The quantitative estimate of drug-likeness (QED) is 0.272. The van der Waals surface area contributed by atoms with Crippen LogP contribution in [0.1, 0.15) is 53.2 Å². The third kappa shape index (κ3) is 4.38. The molecule has 0 saturated carbocycles. The molecule has 0 spiro atoms. The van der Waals surface area contributed by atoms with Gasteiger partial charge in [0.2, 0.25) is 5.78 Å². The van der Waals surface area contributed by atoms with Gasteiger partial charge in [-0.05, 0) is 84.4 Å². The van der Waals surface area contributed by atoms with Gasteiger partial charge in [-0.15, -0.1) is 0 Å². The maximum atomic E-state index is 13.9. The molecule has 0 saturated heterocycles. The van der Waals surface area contributed by atoms with E-state index in [1.165, 1.54) is 17.2 Å². The summed E-state index contributed by atoms with van der Waals surface area (Å²) in [4.78, 5) is 27.3. The molecule has 0 unspecified atom stereocenters. The lowest BCUT2D eigenvalue weighted by atomic mass is 9.59. The number of allylic oxidation sites excluding steroid dienone is 3. The van der Waals surface area contributed by atoms with Crippen molar-refractivity contribution in [2.45, 2.75) is 51.0 Å². The first-order chi connectivity index (χ1) is 20.1. The number of phenols is 1. The summed E-state index contributed by atoms with van der Waals surface area (Å²) >= 11 is 0. The zero-order chi connectivity index (χ0) is 29.8. The molecule has 3 atom stereocenters. The molecule has 0 aliphatic heterocycles. The molecule has 0 bridgehead atoms. The van der Waals surface area contributed by atoms with E-state index in [0.29, 0.717) is 12.0 Å². The molecule has 0 radical (unpaired) electrons. The van der Waals surface area contributed by atoms with Crippen LogP contribution in [0.3, 0.4) is 0 Å². The summed E-state index contributed by atoms with van der Waals surface area (Å²) in [5, 5.41) is 44.4. The average molecular weight is 563 g/mol. The van der Waals surface area contributed by atoms with Crippen molar-refractivity contribution in [3.63, 3.8) is 0 Å². The van der Waals surface area contributed by atoms with Crippen LogP contribution in [0.15, 0.2) is 102 Å². The lowest BCUT2D eigenvalue weighted by Gasteiger charge is -2.46. The molecule has 214 valence electrons. The summed E-state index contributed by atoms with van der Waals surface area (Å²) in [6, 6.07) is 21.9. The minimum Gasteiger partial charge on any atom is -0.512 e. The fourth-order valence-corrected chi connectivity index (χ4v) is 7.11. The predicted molar refractivity (Wildman–Crippen MR) is 160 cm³/mol. The SMILES string of the molecule is C=C(C)C1=C(O)C[C@@H]2C[C@@H]3Cc4c(-c5cccc(CCCc6ccccc6)c5)ccc(O)c4C(=O)C3=C(O)[C@]2(O)C1=O. The Hall–Kier alpha value is -4.42. The van der Waals surface area contributed by atoms with E-state index in [0.717, 1.165) is 30.4 Å². The van der Waals surface area contributed by atoms with Gasteiger partial charge in [-0.2, -0.15) is 0 Å². The molecule has 0 fully saturated rings. The van der Waals surface area contributed by atoms with Crippen LogP contribution in [0.2, 0.25) is 0 Å². The first-order valence-corrected chi connectivity index (χ1v) is 14.4. The summed E-state index contributed by atoms with van der Waals surface area (Å²) in [6.07, 6.45) is 3.39. The number of aliphatic hydroxyl groups excluding tert-OH is 2. The Balaban J connectivity index is 1.35. The van der Waals surface area contributed by atoms with Crippen LogP contribution in [0.25, 0.3) is 11.1 Å². The summed E-state index contributed by atoms with van der Waals surface area (Å²) in [5.74, 6) is -3.79. The van der Waals surface area contributed by atoms with Gasteiger partial charge >= 0.3 is 0 Å². The van der Waals surface area contributed by atoms with Crippen LogP contribution < -0.4 is 0 Å². The van der Waals surface area contributed by atoms with Gasteiger partial charge in [0.25, 0.3) is 0 Å². The molecule has 6 rings (SSSR count). The maximum absolute atomic E-state index is 13.9. The van der Waals surface area contributed by atoms with Crippen molar-refractivity contribution in [3.8, 4) is 16.9 Å². The van der Waals surface area contributed by atoms with Crippen LogP contribution in [0, 0.1) is 11.8 Å². The van der Waals surface area contributed by atoms with Gasteiger partial charge in [-0.25, -0.2) is 0 Å². The van der Waals surface area contributed by atoms with Gasteiger partial charge in [-0.1, -0.05) is 67.2 Å². The van der Waals surface area contributed by atoms with Crippen molar-refractivity contribution in [2.75, 3.05) is 0 Å². The van der Waals surface area contributed by atoms with Crippen molar-refractivity contribution in [3.05, 3.63) is 124 Å². The highest BCUT2D eigenvalue weighted by molar-refractivity contribution is 6.16. The second-order valence-corrected chi connectivity index (χ2v) is 11.9. The minimum atomic E-state index is -2.33. The number of phenolic OH excluding ortho intramolecular Hbond substituents is 1. The third-order valence-corrected chi connectivity index (χ3v) is 9.14. The Morgan fingerprint density at radius 1 is 0.929 bits per heavy atom. The Bertz CT molecular complexity index is 1690. The van der Waals surface area contributed by atoms with E-state index in [9.17, 15) is 30.0 Å². The number of benzene rings is 3. The van der Waals surface area contributed by atoms with E-state index in [1.54, 1.807) is 6.92 Å². The van der Waals surface area contributed by atoms with Crippen LogP contribution in [0.5, 0.6) is 5.75 Å². The standard InChI is InChI=1S/C36H34O6/c1-20(2)30-29(38)19-25-17-24-18-27-26(23-13-7-12-22(16-23)11-6-10-21-8-4-3-5-9-21)14-15-28(37)32(27)33(39)31(24)35(41)36(25,42)34(30)40/h3-5,7-9,12-16,24-25,37-38,41-42H,1,6,10-11,17-19H2,2H3/t24-,25+,36-/m1/s1. The number of Topliss-reactive ketones (excluding diaryl/α,β-unsaturated/α-hetero) is 2. The van der Waals surface area contributed by atoms with Crippen molar-refractivity contribution in [2.24, 2.45) is 11.8 Å². The van der Waals surface area contributed by atoms with Gasteiger partial charge in [0.05, 0.1) is 11.1 Å². The van der Waals surface area contributed by atoms with Gasteiger partial charge in [-0.3, -0.25) is 9.59 Å². The highest BCUT2D eigenvalue weighted by Gasteiger charge is 2.59. The van der Waals surface area contributed by atoms with Gasteiger partial charge in [0, 0.05) is 17.9 Å². The molecule has 3 aliphatic rings. The number of carbonyl (C=O) groups excluding carboxylic acids is 2. The largest absolute Gasteiger partial charge is 0.512 e. The van der Waals surface area contributed by atoms with E-state index in [1.807, 2.05) is 36.4 Å². The number of aryl methyl sites for hydroxylation is 2. The monoisotopic (exact) mass is 562 g/mol. The molecule has 6 heteroatoms. The predicted octanol–water partition coefficient (Wildman–Crippen LogP) is 6.51. The topological polar surface area (TPSA) is 115 Å². The van der Waals surface area contributed by atoms with Crippen molar-refractivity contribution >= 4 is 11.6 Å². The lowest BCUT2D eigenvalue weighted by Crippen LogP contribution is -2.56. The second kappa shape index (κ2) is 10.4. The van der Waals surface area contributed by atoms with E-state index in [2.05, 4.69) is 30.8 Å². The number of hydrogen-bond acceptors (Lipinski definition) is 6. The molecule has 6 nitrogen and oxygen atoms in total. The van der Waals surface area contributed by atoms with Gasteiger partial charge in [0.1, 0.15) is 17.3 Å². The van der Waals surface area contributed by atoms with Crippen molar-refractivity contribution < 1.29 is 30.0 Å². The molecular formula is C36H34O6. The molecule has 3 aromatic rings. The Morgan fingerprint density at radius 2 is 1.64 bits per heavy atom. The van der Waals surface area contributed by atoms with E-state index in [-0.39, 0.29) is 46.6 Å². The second-order valence-electron chi connectivity index (χ2n) is 11.9. The maximum Gasteiger partial charge on any atom is 0.206 e. The highest BCUT2D eigenvalue weighted by atomic mass is 16.3. The molecule has 0 heterocycles. The van der Waals surface area contributed by atoms with E-state index < -0.39 is 34.8 Å². The fraction of sp³-hybridized carbons (Fsp3) is 0.278. The number of rotatable bonds is 6. The number of aliphatic hydroxyl groups is 3. The van der Waals surface area contributed by atoms with Gasteiger partial charge in [0.15, 0.2) is 11.4 Å². The van der Waals surface area contributed by atoms with Crippen LogP contribution in [-0.4, -0.2) is 37.6 Å². The summed E-state index contributed by atoms with van der Waals surface area (Å²) in [5.41, 5.74) is 2.77. The first kappa shape index (κ1) is 27.7. The van der Waals surface area contributed by atoms with E-state index in [4.69, 9.17) is 0 Å². The number of aromatic hydroxyl groups is 1. The smallest absolute Gasteiger partial charge is 0.206 e. The van der Waals surface area contributed by atoms with Crippen LogP contribution in [0.4, 0.5) is 0 Å².